The van der Waals surface area contributed by atoms with Crippen LogP contribution in [0.4, 0.5) is 0 Å². The molecule has 0 aliphatic heterocycles. The smallest absolute Gasteiger partial charge is 0.326 e. The van der Waals surface area contributed by atoms with E-state index in [4.69, 9.17) is 16.3 Å². The Morgan fingerprint density at radius 2 is 2.08 bits per heavy atom. The molecule has 3 rings (SSSR count). The van der Waals surface area contributed by atoms with Crippen molar-refractivity contribution in [2.75, 3.05) is 0 Å². The number of aromatic nitrogens is 2. The lowest BCUT2D eigenvalue weighted by molar-refractivity contribution is -0.149. The number of hydrogen-bond acceptors (Lipinski definition) is 5. The minimum Gasteiger partial charge on any atom is -0.456 e. The summed E-state index contributed by atoms with van der Waals surface area (Å²) in [4.78, 5) is 30.9. The molecule has 25 heavy (non-hydrogen) atoms. The summed E-state index contributed by atoms with van der Waals surface area (Å²) < 4.78 is 6.70. The van der Waals surface area contributed by atoms with Gasteiger partial charge in [0.25, 0.3) is 5.56 Å². The van der Waals surface area contributed by atoms with Crippen LogP contribution in [0, 0.1) is 13.8 Å². The van der Waals surface area contributed by atoms with Gasteiger partial charge in [-0.1, -0.05) is 29.8 Å². The molecule has 0 saturated heterocycles. The lowest BCUT2D eigenvalue weighted by Gasteiger charge is -2.15. The van der Waals surface area contributed by atoms with Gasteiger partial charge in [0.2, 0.25) is 0 Å². The molecule has 0 N–H and O–H groups in total. The second-order valence-corrected chi connectivity index (χ2v) is 7.41. The normalized spacial score (nSPS) is 12.3. The minimum absolute atomic E-state index is 0.190. The minimum atomic E-state index is -0.514. The molecule has 3 aromatic rings. The molecule has 0 radical (unpaired) electrons. The van der Waals surface area contributed by atoms with Crippen LogP contribution in [0.1, 0.15) is 29.0 Å². The van der Waals surface area contributed by atoms with Crippen molar-refractivity contribution in [3.8, 4) is 0 Å². The second-order valence-electron chi connectivity index (χ2n) is 5.79. The van der Waals surface area contributed by atoms with Gasteiger partial charge in [-0.3, -0.25) is 14.2 Å². The van der Waals surface area contributed by atoms with Gasteiger partial charge in [-0.15, -0.1) is 11.3 Å². The maximum Gasteiger partial charge on any atom is 0.326 e. The molecule has 0 aliphatic rings. The van der Waals surface area contributed by atoms with Crippen LogP contribution in [0.2, 0.25) is 5.02 Å². The molecule has 2 heterocycles. The second kappa shape index (κ2) is 6.98. The fourth-order valence-corrected chi connectivity index (χ4v) is 3.90. The van der Waals surface area contributed by atoms with E-state index in [9.17, 15) is 9.59 Å². The van der Waals surface area contributed by atoms with Gasteiger partial charge >= 0.3 is 5.97 Å². The molecule has 0 aliphatic carbocycles. The van der Waals surface area contributed by atoms with Crippen molar-refractivity contribution in [3.63, 3.8) is 0 Å². The lowest BCUT2D eigenvalue weighted by Crippen LogP contribution is -2.26. The third-order valence-electron chi connectivity index (χ3n) is 4.11. The molecule has 0 unspecified atom stereocenters. The maximum absolute atomic E-state index is 12.6. The number of rotatable bonds is 4. The van der Waals surface area contributed by atoms with Crippen LogP contribution < -0.4 is 5.56 Å². The highest BCUT2D eigenvalue weighted by Crippen LogP contribution is 2.26. The van der Waals surface area contributed by atoms with Crippen molar-refractivity contribution in [1.29, 1.82) is 0 Å². The number of fused-ring (bicyclic) bond motifs is 1. The third-order valence-corrected chi connectivity index (χ3v) is 5.57. The number of hydrogen-bond donors (Lipinski definition) is 0. The number of ether oxygens (including phenoxy) is 1. The summed E-state index contributed by atoms with van der Waals surface area (Å²) in [5.41, 5.74) is 1.40. The number of thiophene rings is 1. The number of carbonyl (C=O) groups excluding carboxylic acids is 1. The van der Waals surface area contributed by atoms with Gasteiger partial charge in [-0.05, 0) is 32.4 Å². The number of halogens is 1. The van der Waals surface area contributed by atoms with Crippen molar-refractivity contribution in [1.82, 2.24) is 9.55 Å². The molecule has 130 valence electrons. The Bertz CT molecular complexity index is 1010. The SMILES string of the molecule is Cc1sc2ncn(CC(=O)O[C@H](C)c3ccccc3Cl)c(=O)c2c1C. The summed E-state index contributed by atoms with van der Waals surface area (Å²) >= 11 is 7.59. The molecule has 5 nitrogen and oxygen atoms in total. The van der Waals surface area contributed by atoms with E-state index in [1.807, 2.05) is 26.0 Å². The van der Waals surface area contributed by atoms with E-state index >= 15 is 0 Å². The van der Waals surface area contributed by atoms with Gasteiger partial charge in [0.05, 0.1) is 11.7 Å². The van der Waals surface area contributed by atoms with E-state index in [0.29, 0.717) is 15.2 Å². The van der Waals surface area contributed by atoms with Gasteiger partial charge in [0.15, 0.2) is 0 Å². The molecule has 0 spiro atoms. The van der Waals surface area contributed by atoms with Crippen molar-refractivity contribution in [2.24, 2.45) is 0 Å². The van der Waals surface area contributed by atoms with Crippen molar-refractivity contribution >= 4 is 39.1 Å². The number of carbonyl (C=O) groups is 1. The van der Waals surface area contributed by atoms with Gasteiger partial charge in [0, 0.05) is 15.5 Å². The molecule has 0 amide bonds. The Hall–Kier alpha value is -2.18. The fourth-order valence-electron chi connectivity index (χ4n) is 2.62. The first kappa shape index (κ1) is 17.6. The molecule has 0 saturated carbocycles. The third kappa shape index (κ3) is 3.45. The van der Waals surface area contributed by atoms with Crippen molar-refractivity contribution in [3.05, 3.63) is 62.0 Å². The van der Waals surface area contributed by atoms with E-state index < -0.39 is 12.1 Å². The number of aryl methyl sites for hydroxylation is 2. The van der Waals surface area contributed by atoms with E-state index in [-0.39, 0.29) is 12.1 Å². The highest BCUT2D eigenvalue weighted by Gasteiger charge is 2.17. The largest absolute Gasteiger partial charge is 0.456 e. The maximum atomic E-state index is 12.6. The molecule has 7 heteroatoms. The van der Waals surface area contributed by atoms with Gasteiger partial charge in [-0.2, -0.15) is 0 Å². The number of benzene rings is 1. The number of nitrogens with zero attached hydrogens (tertiary/aromatic N) is 2. The van der Waals surface area contributed by atoms with Crippen molar-refractivity contribution < 1.29 is 9.53 Å². The first-order valence-electron chi connectivity index (χ1n) is 7.77. The molecule has 1 aromatic carbocycles. The Balaban J connectivity index is 1.81. The Morgan fingerprint density at radius 1 is 1.36 bits per heavy atom. The van der Waals surface area contributed by atoms with E-state index in [0.717, 1.165) is 16.0 Å². The summed E-state index contributed by atoms with van der Waals surface area (Å²) in [5.74, 6) is -0.514. The molecule has 0 fully saturated rings. The number of esters is 1. The Morgan fingerprint density at radius 3 is 2.80 bits per heavy atom. The van der Waals surface area contributed by atoms with Crippen LogP contribution in [0.15, 0.2) is 35.4 Å². The molecule has 2 aromatic heterocycles. The molecule has 0 bridgehead atoms. The zero-order valence-corrected chi connectivity index (χ0v) is 15.6. The zero-order chi connectivity index (χ0) is 18.1. The highest BCUT2D eigenvalue weighted by molar-refractivity contribution is 7.18. The topological polar surface area (TPSA) is 61.2 Å². The summed E-state index contributed by atoms with van der Waals surface area (Å²) in [6, 6.07) is 7.18. The monoisotopic (exact) mass is 376 g/mol. The predicted molar refractivity (Wildman–Crippen MR) is 99.3 cm³/mol. The van der Waals surface area contributed by atoms with Crippen molar-refractivity contribution in [2.45, 2.75) is 33.4 Å². The van der Waals surface area contributed by atoms with Gasteiger partial charge < -0.3 is 4.74 Å². The van der Waals surface area contributed by atoms with Crippen LogP contribution in [-0.2, 0) is 16.1 Å². The van der Waals surface area contributed by atoms with Crippen LogP contribution in [-0.4, -0.2) is 15.5 Å². The average molecular weight is 377 g/mol. The summed E-state index contributed by atoms with van der Waals surface area (Å²) in [7, 11) is 0. The average Bonchev–Trinajstić information content (AvgIpc) is 2.85. The van der Waals surface area contributed by atoms with Gasteiger partial charge in [0.1, 0.15) is 17.5 Å². The van der Waals surface area contributed by atoms with Crippen LogP contribution in [0.5, 0.6) is 0 Å². The van der Waals surface area contributed by atoms with E-state index in [1.165, 1.54) is 22.2 Å². The van der Waals surface area contributed by atoms with Crippen LogP contribution in [0.3, 0.4) is 0 Å². The molecular weight excluding hydrogens is 360 g/mol. The van der Waals surface area contributed by atoms with Crippen LogP contribution >= 0.6 is 22.9 Å². The standard InChI is InChI=1S/C18H17ClN2O3S/c1-10-12(3)25-17-16(10)18(23)21(9-20-17)8-15(22)24-11(2)13-6-4-5-7-14(13)19/h4-7,9,11H,8H2,1-3H3/t11-/m1/s1. The fraction of sp³-hybridized carbons (Fsp3) is 0.278. The Labute approximate surface area is 153 Å². The molecular formula is C18H17ClN2O3S. The highest BCUT2D eigenvalue weighted by atomic mass is 35.5. The summed E-state index contributed by atoms with van der Waals surface area (Å²) in [6.45, 7) is 5.39. The first-order valence-corrected chi connectivity index (χ1v) is 8.97. The van der Waals surface area contributed by atoms with E-state index in [2.05, 4.69) is 4.98 Å². The first-order chi connectivity index (χ1) is 11.9. The van der Waals surface area contributed by atoms with Gasteiger partial charge in [-0.25, -0.2) is 4.98 Å². The van der Waals surface area contributed by atoms with Crippen LogP contribution in [0.25, 0.3) is 10.2 Å². The Kier molecular flexibility index (Phi) is 4.92. The quantitative estimate of drug-likeness (QED) is 0.645. The molecule has 1 atom stereocenters. The van der Waals surface area contributed by atoms with E-state index in [1.54, 1.807) is 19.1 Å². The summed E-state index contributed by atoms with van der Waals surface area (Å²) in [6.07, 6.45) is 0.889. The predicted octanol–water partition coefficient (Wildman–Crippen LogP) is 4.03. The summed E-state index contributed by atoms with van der Waals surface area (Å²) in [5, 5.41) is 1.10. The lowest BCUT2D eigenvalue weighted by atomic mass is 10.1. The zero-order valence-electron chi connectivity index (χ0n) is 14.1.